The van der Waals surface area contributed by atoms with Gasteiger partial charge in [0.25, 0.3) is 0 Å². The molecule has 1 atom stereocenters. The SMILES string of the molecule is CCOc1ccc(CN(C)[C@@H](C)C(=O)Nc2ccc(Cl)cc2Cl)cc1OC. The molecule has 0 aliphatic carbocycles. The number of ether oxygens (including phenoxy) is 2. The summed E-state index contributed by atoms with van der Waals surface area (Å²) in [6, 6.07) is 10.4. The first kappa shape index (κ1) is 21.4. The van der Waals surface area contributed by atoms with Crippen LogP contribution in [0.4, 0.5) is 5.69 Å². The van der Waals surface area contributed by atoms with E-state index in [1.807, 2.05) is 44.0 Å². The summed E-state index contributed by atoms with van der Waals surface area (Å²) in [5, 5.41) is 3.76. The maximum Gasteiger partial charge on any atom is 0.241 e. The molecule has 0 aliphatic rings. The molecule has 0 fully saturated rings. The highest BCUT2D eigenvalue weighted by atomic mass is 35.5. The van der Waals surface area contributed by atoms with Gasteiger partial charge in [0.1, 0.15) is 0 Å². The predicted octanol–water partition coefficient (Wildman–Crippen LogP) is 4.86. The molecule has 7 heteroatoms. The highest BCUT2D eigenvalue weighted by Gasteiger charge is 2.19. The lowest BCUT2D eigenvalue weighted by molar-refractivity contribution is -0.120. The summed E-state index contributed by atoms with van der Waals surface area (Å²) in [6.45, 7) is 4.91. The molecule has 2 aromatic carbocycles. The van der Waals surface area contributed by atoms with Gasteiger partial charge in [-0.25, -0.2) is 0 Å². The number of halogens is 2. The van der Waals surface area contributed by atoms with Crippen molar-refractivity contribution in [2.45, 2.75) is 26.4 Å². The molecule has 1 N–H and O–H groups in total. The van der Waals surface area contributed by atoms with Crippen molar-refractivity contribution in [2.75, 3.05) is 26.1 Å². The van der Waals surface area contributed by atoms with Crippen LogP contribution in [-0.4, -0.2) is 37.6 Å². The summed E-state index contributed by atoms with van der Waals surface area (Å²) in [7, 11) is 3.49. The second-order valence-electron chi connectivity index (χ2n) is 6.12. The van der Waals surface area contributed by atoms with Crippen molar-refractivity contribution in [1.82, 2.24) is 4.90 Å². The number of likely N-dealkylation sites (N-methyl/N-ethyl adjacent to an activating group) is 1. The molecule has 0 saturated heterocycles. The average molecular weight is 411 g/mol. The van der Waals surface area contributed by atoms with Crippen molar-refractivity contribution in [3.8, 4) is 11.5 Å². The lowest BCUT2D eigenvalue weighted by atomic mass is 10.1. The van der Waals surface area contributed by atoms with Crippen LogP contribution in [-0.2, 0) is 11.3 Å². The van der Waals surface area contributed by atoms with Gasteiger partial charge in [-0.2, -0.15) is 0 Å². The molecular weight excluding hydrogens is 387 g/mol. The van der Waals surface area contributed by atoms with E-state index in [1.165, 1.54) is 0 Å². The van der Waals surface area contributed by atoms with Crippen LogP contribution >= 0.6 is 23.2 Å². The minimum absolute atomic E-state index is 0.153. The van der Waals surface area contributed by atoms with E-state index in [2.05, 4.69) is 5.32 Å². The summed E-state index contributed by atoms with van der Waals surface area (Å²) >= 11 is 12.0. The van der Waals surface area contributed by atoms with Crippen LogP contribution in [0.3, 0.4) is 0 Å². The van der Waals surface area contributed by atoms with E-state index in [1.54, 1.807) is 25.3 Å². The number of nitrogens with one attached hydrogen (secondary N) is 1. The number of carbonyl (C=O) groups excluding carboxylic acids is 1. The van der Waals surface area contributed by atoms with Crippen LogP contribution in [0, 0.1) is 0 Å². The maximum absolute atomic E-state index is 12.6. The second-order valence-corrected chi connectivity index (χ2v) is 6.97. The minimum atomic E-state index is -0.366. The number of amides is 1. The topological polar surface area (TPSA) is 50.8 Å². The van der Waals surface area contributed by atoms with Gasteiger partial charge in [0, 0.05) is 11.6 Å². The molecular formula is C20H24Cl2N2O3. The van der Waals surface area contributed by atoms with E-state index in [0.29, 0.717) is 40.4 Å². The van der Waals surface area contributed by atoms with Crippen molar-refractivity contribution >= 4 is 34.8 Å². The van der Waals surface area contributed by atoms with Crippen LogP contribution in [0.5, 0.6) is 11.5 Å². The fourth-order valence-corrected chi connectivity index (χ4v) is 2.99. The first-order chi connectivity index (χ1) is 12.8. The lowest BCUT2D eigenvalue weighted by Crippen LogP contribution is -2.39. The normalized spacial score (nSPS) is 12.0. The van der Waals surface area contributed by atoms with Gasteiger partial charge >= 0.3 is 0 Å². The molecule has 0 aliphatic heterocycles. The minimum Gasteiger partial charge on any atom is -0.493 e. The number of nitrogens with zero attached hydrogens (tertiary/aromatic N) is 1. The van der Waals surface area contributed by atoms with E-state index in [4.69, 9.17) is 32.7 Å². The molecule has 1 amide bonds. The first-order valence-corrected chi connectivity index (χ1v) is 9.37. The number of hydrogen-bond donors (Lipinski definition) is 1. The van der Waals surface area contributed by atoms with Crippen LogP contribution in [0.1, 0.15) is 19.4 Å². The Bertz CT molecular complexity index is 799. The maximum atomic E-state index is 12.6. The summed E-state index contributed by atoms with van der Waals surface area (Å²) in [6.07, 6.45) is 0. The van der Waals surface area contributed by atoms with Gasteiger partial charge in [-0.05, 0) is 56.8 Å². The van der Waals surface area contributed by atoms with E-state index >= 15 is 0 Å². The Balaban J connectivity index is 2.04. The van der Waals surface area contributed by atoms with Crippen LogP contribution < -0.4 is 14.8 Å². The van der Waals surface area contributed by atoms with Gasteiger partial charge in [-0.3, -0.25) is 9.69 Å². The number of hydrogen-bond acceptors (Lipinski definition) is 4. The zero-order chi connectivity index (χ0) is 20.0. The number of benzene rings is 2. The lowest BCUT2D eigenvalue weighted by Gasteiger charge is -2.24. The third kappa shape index (κ3) is 5.76. The van der Waals surface area contributed by atoms with Crippen LogP contribution in [0.2, 0.25) is 10.0 Å². The molecule has 0 aromatic heterocycles. The molecule has 5 nitrogen and oxygen atoms in total. The molecule has 0 radical (unpaired) electrons. The quantitative estimate of drug-likeness (QED) is 0.674. The summed E-state index contributed by atoms with van der Waals surface area (Å²) < 4.78 is 10.9. The van der Waals surface area contributed by atoms with Gasteiger partial charge in [0.2, 0.25) is 5.91 Å². The third-order valence-electron chi connectivity index (χ3n) is 4.19. The van der Waals surface area contributed by atoms with Crippen molar-refractivity contribution in [3.63, 3.8) is 0 Å². The monoisotopic (exact) mass is 410 g/mol. The standard InChI is InChI=1S/C20H24Cl2N2O3/c1-5-27-18-9-6-14(10-19(18)26-4)12-24(3)13(2)20(25)23-17-8-7-15(21)11-16(17)22/h6-11,13H,5,12H2,1-4H3,(H,23,25)/t13-/m0/s1. The summed E-state index contributed by atoms with van der Waals surface area (Å²) in [5.74, 6) is 1.22. The number of methoxy groups -OCH3 is 1. The smallest absolute Gasteiger partial charge is 0.241 e. The van der Waals surface area contributed by atoms with Gasteiger partial charge in [0.05, 0.1) is 30.5 Å². The van der Waals surface area contributed by atoms with Crippen LogP contribution in [0.15, 0.2) is 36.4 Å². The predicted molar refractivity (Wildman–Crippen MR) is 110 cm³/mol. The molecule has 0 heterocycles. The Morgan fingerprint density at radius 2 is 1.93 bits per heavy atom. The Kier molecular flexibility index (Phi) is 7.78. The van der Waals surface area contributed by atoms with E-state index in [9.17, 15) is 4.79 Å². The zero-order valence-corrected chi connectivity index (χ0v) is 17.4. The molecule has 2 aromatic rings. The average Bonchev–Trinajstić information content (AvgIpc) is 2.64. The Labute approximate surface area is 170 Å². The fourth-order valence-electron chi connectivity index (χ4n) is 2.54. The second kappa shape index (κ2) is 9.83. The molecule has 0 unspecified atom stereocenters. The molecule has 2 rings (SSSR count). The van der Waals surface area contributed by atoms with E-state index < -0.39 is 0 Å². The van der Waals surface area contributed by atoms with E-state index in [-0.39, 0.29) is 11.9 Å². The molecule has 0 spiro atoms. The first-order valence-electron chi connectivity index (χ1n) is 8.61. The van der Waals surface area contributed by atoms with Crippen molar-refractivity contribution in [3.05, 3.63) is 52.0 Å². The number of anilines is 1. The van der Waals surface area contributed by atoms with Crippen molar-refractivity contribution in [1.29, 1.82) is 0 Å². The highest BCUT2D eigenvalue weighted by molar-refractivity contribution is 6.36. The molecule has 27 heavy (non-hydrogen) atoms. The van der Waals surface area contributed by atoms with Gasteiger partial charge in [-0.15, -0.1) is 0 Å². The summed E-state index contributed by atoms with van der Waals surface area (Å²) in [5.41, 5.74) is 1.55. The van der Waals surface area contributed by atoms with E-state index in [0.717, 1.165) is 5.56 Å². The fraction of sp³-hybridized carbons (Fsp3) is 0.350. The highest BCUT2D eigenvalue weighted by Crippen LogP contribution is 2.29. The van der Waals surface area contributed by atoms with Gasteiger partial charge in [-0.1, -0.05) is 29.3 Å². The molecule has 0 saturated carbocycles. The Morgan fingerprint density at radius 3 is 2.56 bits per heavy atom. The zero-order valence-electron chi connectivity index (χ0n) is 15.9. The van der Waals surface area contributed by atoms with Gasteiger partial charge < -0.3 is 14.8 Å². The van der Waals surface area contributed by atoms with Crippen molar-refractivity contribution < 1.29 is 14.3 Å². The van der Waals surface area contributed by atoms with Crippen molar-refractivity contribution in [2.24, 2.45) is 0 Å². The number of carbonyl (C=O) groups is 1. The van der Waals surface area contributed by atoms with Crippen LogP contribution in [0.25, 0.3) is 0 Å². The number of rotatable bonds is 8. The molecule has 0 bridgehead atoms. The Hall–Kier alpha value is -1.95. The molecule has 146 valence electrons. The largest absolute Gasteiger partial charge is 0.493 e. The summed E-state index contributed by atoms with van der Waals surface area (Å²) in [4.78, 5) is 14.5. The van der Waals surface area contributed by atoms with Gasteiger partial charge in [0.15, 0.2) is 11.5 Å². The third-order valence-corrected chi connectivity index (χ3v) is 4.74. The Morgan fingerprint density at radius 1 is 1.19 bits per heavy atom.